The molecule has 5 nitrogen and oxygen atoms in total. The van der Waals surface area contributed by atoms with E-state index in [0.717, 1.165) is 0 Å². The summed E-state index contributed by atoms with van der Waals surface area (Å²) in [7, 11) is 0. The number of aromatic nitrogens is 2. The zero-order valence-corrected chi connectivity index (χ0v) is 8.91. The predicted octanol–water partition coefficient (Wildman–Crippen LogP) is 2.00. The van der Waals surface area contributed by atoms with Gasteiger partial charge in [-0.15, -0.1) is 12.6 Å². The second-order valence-electron chi connectivity index (χ2n) is 3.02. The molecule has 88 valence electrons. The molecule has 17 heavy (non-hydrogen) atoms. The van der Waals surface area contributed by atoms with Crippen LogP contribution in [0.1, 0.15) is 10.4 Å². The Morgan fingerprint density at radius 3 is 2.53 bits per heavy atom. The molecule has 2 aromatic rings. The summed E-state index contributed by atoms with van der Waals surface area (Å²) >= 11 is 3.76. The lowest BCUT2D eigenvalue weighted by Gasteiger charge is -2.02. The zero-order chi connectivity index (χ0) is 12.6. The van der Waals surface area contributed by atoms with Gasteiger partial charge >= 0.3 is 5.97 Å². The Morgan fingerprint density at radius 1 is 1.35 bits per heavy atom. The highest BCUT2D eigenvalue weighted by molar-refractivity contribution is 7.80. The van der Waals surface area contributed by atoms with Crippen LogP contribution >= 0.6 is 12.6 Å². The molecule has 0 atom stereocenters. The van der Waals surface area contributed by atoms with E-state index >= 15 is 0 Å². The van der Waals surface area contributed by atoms with E-state index in [0.29, 0.717) is 12.1 Å². The van der Waals surface area contributed by atoms with E-state index in [1.807, 2.05) is 0 Å². The summed E-state index contributed by atoms with van der Waals surface area (Å²) in [5, 5.41) is 12.1. The van der Waals surface area contributed by atoms with Gasteiger partial charge in [0.15, 0.2) is 11.6 Å². The third-order valence-electron chi connectivity index (χ3n) is 1.94. The Balaban J connectivity index is 2.67. The number of carboxylic acid groups (broad SMARTS) is 1. The largest absolute Gasteiger partial charge is 0.478 e. The number of hydrogen-bond acceptors (Lipinski definition) is 5. The summed E-state index contributed by atoms with van der Waals surface area (Å²) < 4.78 is 30.6. The fourth-order valence-corrected chi connectivity index (χ4v) is 1.36. The molecule has 0 aliphatic heterocycles. The van der Waals surface area contributed by atoms with E-state index in [2.05, 4.69) is 27.3 Å². The monoisotopic (exact) mass is 258 g/mol. The third-order valence-corrected chi connectivity index (χ3v) is 2.12. The Morgan fingerprint density at radius 2 is 2.00 bits per heavy atom. The van der Waals surface area contributed by atoms with Crippen LogP contribution in [0, 0.1) is 11.6 Å². The second kappa shape index (κ2) is 4.13. The Bertz CT molecular complexity index is 600. The molecule has 1 N–H and O–H groups in total. The Hall–Kier alpha value is -1.96. The second-order valence-corrected chi connectivity index (χ2v) is 3.42. The molecule has 0 fully saturated rings. The van der Waals surface area contributed by atoms with Crippen molar-refractivity contribution in [3.05, 3.63) is 29.3 Å². The van der Waals surface area contributed by atoms with Crippen LogP contribution in [0.3, 0.4) is 0 Å². The molecule has 0 saturated carbocycles. The normalized spacial score (nSPS) is 10.5. The fourth-order valence-electron chi connectivity index (χ4n) is 1.23. The maximum atomic E-state index is 13.0. The van der Waals surface area contributed by atoms with Gasteiger partial charge in [0.1, 0.15) is 0 Å². The molecule has 0 radical (unpaired) electrons. The van der Waals surface area contributed by atoms with Gasteiger partial charge in [-0.1, -0.05) is 5.16 Å². The van der Waals surface area contributed by atoms with Crippen LogP contribution in [0.25, 0.3) is 11.5 Å². The zero-order valence-electron chi connectivity index (χ0n) is 8.02. The minimum absolute atomic E-state index is 0.0407. The van der Waals surface area contributed by atoms with E-state index in [4.69, 9.17) is 5.11 Å². The molecule has 1 aromatic heterocycles. The third kappa shape index (κ3) is 2.11. The van der Waals surface area contributed by atoms with E-state index in [9.17, 15) is 13.6 Å². The lowest BCUT2D eigenvalue weighted by atomic mass is 10.1. The molecule has 0 aliphatic rings. The summed E-state index contributed by atoms with van der Waals surface area (Å²) in [4.78, 5) is 14.5. The Labute approximate surface area is 98.5 Å². The summed E-state index contributed by atoms with van der Waals surface area (Å²) in [6.45, 7) is 0. The predicted molar refractivity (Wildman–Crippen MR) is 53.9 cm³/mol. The van der Waals surface area contributed by atoms with Crippen molar-refractivity contribution in [2.24, 2.45) is 0 Å². The average molecular weight is 258 g/mol. The van der Waals surface area contributed by atoms with Gasteiger partial charge in [0.05, 0.1) is 11.1 Å². The van der Waals surface area contributed by atoms with E-state index in [-0.39, 0.29) is 16.6 Å². The van der Waals surface area contributed by atoms with Crippen LogP contribution in [-0.4, -0.2) is 21.2 Å². The first-order valence-electron chi connectivity index (χ1n) is 4.24. The first-order chi connectivity index (χ1) is 7.99. The lowest BCUT2D eigenvalue weighted by Crippen LogP contribution is -2.02. The van der Waals surface area contributed by atoms with E-state index in [1.54, 1.807) is 0 Å². The molecule has 1 heterocycles. The molecule has 0 unspecified atom stereocenters. The number of halogens is 2. The number of thiol groups is 1. The molecule has 0 aliphatic carbocycles. The maximum Gasteiger partial charge on any atom is 0.336 e. The van der Waals surface area contributed by atoms with E-state index < -0.39 is 23.2 Å². The highest BCUT2D eigenvalue weighted by Gasteiger charge is 2.20. The van der Waals surface area contributed by atoms with Crippen molar-refractivity contribution in [2.45, 2.75) is 5.16 Å². The van der Waals surface area contributed by atoms with Gasteiger partial charge < -0.3 is 9.63 Å². The minimum Gasteiger partial charge on any atom is -0.478 e. The van der Waals surface area contributed by atoms with Crippen molar-refractivity contribution in [2.75, 3.05) is 0 Å². The molecule has 0 amide bonds. The van der Waals surface area contributed by atoms with Crippen molar-refractivity contribution in [3.8, 4) is 11.5 Å². The van der Waals surface area contributed by atoms with Gasteiger partial charge in [-0.25, -0.2) is 13.6 Å². The van der Waals surface area contributed by atoms with Gasteiger partial charge in [0, 0.05) is 0 Å². The number of benzene rings is 1. The van der Waals surface area contributed by atoms with Crippen LogP contribution in [0.4, 0.5) is 8.78 Å². The molecular weight excluding hydrogens is 254 g/mol. The van der Waals surface area contributed by atoms with Crippen LogP contribution in [-0.2, 0) is 0 Å². The summed E-state index contributed by atoms with van der Waals surface area (Å²) in [5.41, 5.74) is -0.676. The van der Waals surface area contributed by atoms with Crippen molar-refractivity contribution in [1.82, 2.24) is 10.1 Å². The maximum absolute atomic E-state index is 13.0. The van der Waals surface area contributed by atoms with Gasteiger partial charge in [-0.05, 0) is 12.1 Å². The van der Waals surface area contributed by atoms with Crippen LogP contribution in [0.2, 0.25) is 0 Å². The summed E-state index contributed by atoms with van der Waals surface area (Å²) in [6.07, 6.45) is 0. The molecule has 1 aromatic carbocycles. The van der Waals surface area contributed by atoms with Gasteiger partial charge in [0.2, 0.25) is 5.16 Å². The number of carbonyl (C=O) groups is 1. The standard InChI is InChI=1S/C9H4F2N2O3S/c10-5-1-3(7-12-9(17)13-16-7)4(8(14)15)2-6(5)11/h1-2H,(H,13,17)(H,14,15). The number of carboxylic acids is 1. The van der Waals surface area contributed by atoms with Crippen molar-refractivity contribution >= 4 is 18.6 Å². The number of rotatable bonds is 2. The molecular formula is C9H4F2N2O3S. The van der Waals surface area contributed by atoms with Crippen molar-refractivity contribution in [1.29, 1.82) is 0 Å². The topological polar surface area (TPSA) is 76.2 Å². The molecule has 2 rings (SSSR count). The lowest BCUT2D eigenvalue weighted by molar-refractivity contribution is 0.0696. The van der Waals surface area contributed by atoms with Gasteiger partial charge in [0.25, 0.3) is 5.89 Å². The Kier molecular flexibility index (Phi) is 2.80. The quantitative estimate of drug-likeness (QED) is 0.806. The number of hydrogen-bond donors (Lipinski definition) is 2. The fraction of sp³-hybridized carbons (Fsp3) is 0. The summed E-state index contributed by atoms with van der Waals surface area (Å²) in [5.74, 6) is -4.15. The highest BCUT2D eigenvalue weighted by atomic mass is 32.1. The van der Waals surface area contributed by atoms with Crippen molar-refractivity contribution in [3.63, 3.8) is 0 Å². The minimum atomic E-state index is -1.43. The first kappa shape index (κ1) is 11.5. The van der Waals surface area contributed by atoms with Crippen LogP contribution < -0.4 is 0 Å². The van der Waals surface area contributed by atoms with E-state index in [1.165, 1.54) is 0 Å². The van der Waals surface area contributed by atoms with Gasteiger partial charge in [-0.3, -0.25) is 0 Å². The van der Waals surface area contributed by atoms with Gasteiger partial charge in [-0.2, -0.15) is 4.98 Å². The highest BCUT2D eigenvalue weighted by Crippen LogP contribution is 2.25. The average Bonchev–Trinajstić information content (AvgIpc) is 2.68. The summed E-state index contributed by atoms with van der Waals surface area (Å²) in [6, 6.07) is 1.23. The number of aromatic carboxylic acids is 1. The van der Waals surface area contributed by atoms with Crippen LogP contribution in [0.5, 0.6) is 0 Å². The smallest absolute Gasteiger partial charge is 0.336 e. The first-order valence-corrected chi connectivity index (χ1v) is 4.69. The number of nitrogens with zero attached hydrogens (tertiary/aromatic N) is 2. The SMILES string of the molecule is O=C(O)c1cc(F)c(F)cc1-c1nc(S)no1. The van der Waals surface area contributed by atoms with Crippen LogP contribution in [0.15, 0.2) is 21.8 Å². The molecule has 8 heteroatoms. The molecule has 0 spiro atoms. The molecule has 0 bridgehead atoms. The van der Waals surface area contributed by atoms with Crippen molar-refractivity contribution < 1.29 is 23.2 Å². The molecule has 0 saturated heterocycles.